The van der Waals surface area contributed by atoms with Crippen molar-refractivity contribution in [1.82, 2.24) is 9.13 Å². The second kappa shape index (κ2) is 4.01. The van der Waals surface area contributed by atoms with E-state index < -0.39 is 6.03 Å². The fraction of sp³-hybridized carbons (Fsp3) is 0.385. The summed E-state index contributed by atoms with van der Waals surface area (Å²) < 4.78 is 2.64. The first-order valence-corrected chi connectivity index (χ1v) is 5.89. The standard InChI is InChI=1S/C13H17N3O2/c1-7(2)15-11-9(4)8(3)5-6-10(11)16(12(14)17)13(15)18/h5-7H,1-4H3,(H2,14,17). The van der Waals surface area contributed by atoms with Gasteiger partial charge in [0.2, 0.25) is 0 Å². The number of hydrogen-bond acceptors (Lipinski definition) is 2. The van der Waals surface area contributed by atoms with Crippen molar-refractivity contribution in [3.05, 3.63) is 33.7 Å². The lowest BCUT2D eigenvalue weighted by Crippen LogP contribution is -2.33. The molecule has 0 aliphatic rings. The van der Waals surface area contributed by atoms with Crippen molar-refractivity contribution in [2.75, 3.05) is 0 Å². The van der Waals surface area contributed by atoms with Crippen molar-refractivity contribution >= 4 is 17.1 Å². The predicted molar refractivity (Wildman–Crippen MR) is 71.0 cm³/mol. The number of hydrogen-bond donors (Lipinski definition) is 1. The summed E-state index contributed by atoms with van der Waals surface area (Å²) in [6.45, 7) is 7.74. The van der Waals surface area contributed by atoms with Gasteiger partial charge in [0.1, 0.15) is 0 Å². The number of benzene rings is 1. The van der Waals surface area contributed by atoms with E-state index in [1.54, 1.807) is 10.6 Å². The number of imidazole rings is 1. The minimum Gasteiger partial charge on any atom is -0.351 e. The molecule has 0 unspecified atom stereocenters. The number of nitrogens with two attached hydrogens (primary N) is 1. The molecule has 0 atom stereocenters. The fourth-order valence-corrected chi connectivity index (χ4v) is 2.27. The highest BCUT2D eigenvalue weighted by atomic mass is 16.2. The Morgan fingerprint density at radius 1 is 1.28 bits per heavy atom. The molecule has 0 radical (unpaired) electrons. The lowest BCUT2D eigenvalue weighted by Gasteiger charge is -2.09. The van der Waals surface area contributed by atoms with Crippen LogP contribution in [0.2, 0.25) is 0 Å². The summed E-state index contributed by atoms with van der Waals surface area (Å²) in [4.78, 5) is 23.7. The maximum atomic E-state index is 12.3. The summed E-state index contributed by atoms with van der Waals surface area (Å²) in [7, 11) is 0. The molecule has 5 heteroatoms. The Morgan fingerprint density at radius 2 is 1.89 bits per heavy atom. The van der Waals surface area contributed by atoms with E-state index in [0.29, 0.717) is 5.52 Å². The highest BCUT2D eigenvalue weighted by Crippen LogP contribution is 2.23. The third-order valence-corrected chi connectivity index (χ3v) is 3.30. The number of carbonyl (C=O) groups excluding carboxylic acids is 1. The van der Waals surface area contributed by atoms with Crippen molar-refractivity contribution in [3.63, 3.8) is 0 Å². The number of aromatic nitrogens is 2. The van der Waals surface area contributed by atoms with Crippen LogP contribution in [0.5, 0.6) is 0 Å². The molecular weight excluding hydrogens is 230 g/mol. The minimum atomic E-state index is -0.743. The van der Waals surface area contributed by atoms with E-state index in [2.05, 4.69) is 0 Å². The van der Waals surface area contributed by atoms with Crippen LogP contribution in [0.25, 0.3) is 11.0 Å². The average Bonchev–Trinajstić information content (AvgIpc) is 2.56. The fourth-order valence-electron chi connectivity index (χ4n) is 2.27. The molecule has 1 aromatic heterocycles. The van der Waals surface area contributed by atoms with Gasteiger partial charge in [0, 0.05) is 6.04 Å². The number of rotatable bonds is 1. The lowest BCUT2D eigenvalue weighted by molar-refractivity contribution is 0.250. The number of carbonyl (C=O) groups is 1. The molecule has 2 aromatic rings. The van der Waals surface area contributed by atoms with Gasteiger partial charge in [0.25, 0.3) is 0 Å². The van der Waals surface area contributed by atoms with Crippen LogP contribution in [0.15, 0.2) is 16.9 Å². The van der Waals surface area contributed by atoms with Gasteiger partial charge < -0.3 is 5.73 Å². The van der Waals surface area contributed by atoms with Gasteiger partial charge in [-0.05, 0) is 44.9 Å². The molecule has 1 heterocycles. The van der Waals surface area contributed by atoms with Crippen LogP contribution in [0, 0.1) is 13.8 Å². The van der Waals surface area contributed by atoms with Gasteiger partial charge in [-0.15, -0.1) is 0 Å². The Hall–Kier alpha value is -2.04. The molecule has 18 heavy (non-hydrogen) atoms. The van der Waals surface area contributed by atoms with E-state index in [1.807, 2.05) is 33.8 Å². The number of primary amides is 1. The van der Waals surface area contributed by atoms with Gasteiger partial charge in [0.05, 0.1) is 11.0 Å². The van der Waals surface area contributed by atoms with E-state index in [4.69, 9.17) is 5.73 Å². The molecule has 1 amide bonds. The van der Waals surface area contributed by atoms with Crippen LogP contribution in [-0.4, -0.2) is 15.2 Å². The Morgan fingerprint density at radius 3 is 2.39 bits per heavy atom. The molecule has 0 bridgehead atoms. The maximum absolute atomic E-state index is 12.3. The minimum absolute atomic E-state index is 0.0268. The Bertz CT molecular complexity index is 692. The summed E-state index contributed by atoms with van der Waals surface area (Å²) >= 11 is 0. The zero-order chi connectivity index (χ0) is 13.6. The molecule has 96 valence electrons. The van der Waals surface area contributed by atoms with Crippen LogP contribution in [0.3, 0.4) is 0 Å². The van der Waals surface area contributed by atoms with Gasteiger partial charge in [0.15, 0.2) is 0 Å². The second-order valence-electron chi connectivity index (χ2n) is 4.80. The smallest absolute Gasteiger partial charge is 0.337 e. The van der Waals surface area contributed by atoms with E-state index >= 15 is 0 Å². The van der Waals surface area contributed by atoms with E-state index in [0.717, 1.165) is 21.2 Å². The average molecular weight is 247 g/mol. The number of aryl methyl sites for hydroxylation is 2. The Labute approximate surface area is 105 Å². The van der Waals surface area contributed by atoms with Crippen LogP contribution in [0.1, 0.15) is 31.0 Å². The molecule has 2 rings (SSSR count). The maximum Gasteiger partial charge on any atom is 0.337 e. The van der Waals surface area contributed by atoms with Gasteiger partial charge in [-0.2, -0.15) is 0 Å². The summed E-state index contributed by atoms with van der Waals surface area (Å²) in [6, 6.07) is 2.89. The highest BCUT2D eigenvalue weighted by Gasteiger charge is 2.20. The monoisotopic (exact) mass is 247 g/mol. The van der Waals surface area contributed by atoms with Crippen LogP contribution >= 0.6 is 0 Å². The molecule has 0 saturated heterocycles. The SMILES string of the molecule is Cc1ccc2c(c1C)n(C(C)C)c(=O)n2C(N)=O. The topological polar surface area (TPSA) is 70.0 Å². The van der Waals surface area contributed by atoms with Crippen molar-refractivity contribution in [2.24, 2.45) is 5.73 Å². The van der Waals surface area contributed by atoms with Crippen molar-refractivity contribution in [2.45, 2.75) is 33.7 Å². The van der Waals surface area contributed by atoms with Crippen LogP contribution in [0.4, 0.5) is 4.79 Å². The largest absolute Gasteiger partial charge is 0.351 e. The first-order valence-electron chi connectivity index (χ1n) is 5.89. The quantitative estimate of drug-likeness (QED) is 0.836. The third-order valence-electron chi connectivity index (χ3n) is 3.30. The molecule has 0 fully saturated rings. The molecule has 0 saturated carbocycles. The molecule has 0 spiro atoms. The highest BCUT2D eigenvalue weighted by molar-refractivity contribution is 5.90. The van der Waals surface area contributed by atoms with E-state index in [-0.39, 0.29) is 11.7 Å². The predicted octanol–water partition coefficient (Wildman–Crippen LogP) is 1.93. The Kier molecular flexibility index (Phi) is 2.77. The van der Waals surface area contributed by atoms with Crippen molar-refractivity contribution in [1.29, 1.82) is 0 Å². The normalized spacial score (nSPS) is 11.4. The summed E-state index contributed by atoms with van der Waals surface area (Å²) in [6.07, 6.45) is 0. The van der Waals surface area contributed by atoms with Gasteiger partial charge >= 0.3 is 11.7 Å². The Balaban J connectivity index is 3.08. The number of nitrogens with zero attached hydrogens (tertiary/aromatic N) is 2. The van der Waals surface area contributed by atoms with Crippen LogP contribution in [-0.2, 0) is 0 Å². The molecule has 0 aliphatic heterocycles. The van der Waals surface area contributed by atoms with Gasteiger partial charge in [-0.1, -0.05) is 6.07 Å². The number of fused-ring (bicyclic) bond motifs is 1. The second-order valence-corrected chi connectivity index (χ2v) is 4.80. The number of amides is 1. The first kappa shape index (κ1) is 12.4. The summed E-state index contributed by atoms with van der Waals surface area (Å²) in [5, 5.41) is 0. The molecule has 2 N–H and O–H groups in total. The van der Waals surface area contributed by atoms with Crippen LogP contribution < -0.4 is 11.4 Å². The first-order chi connectivity index (χ1) is 8.36. The molecule has 0 aliphatic carbocycles. The third kappa shape index (κ3) is 1.54. The summed E-state index contributed by atoms with van der Waals surface area (Å²) in [5.41, 5.74) is 8.36. The zero-order valence-corrected chi connectivity index (χ0v) is 11.0. The summed E-state index contributed by atoms with van der Waals surface area (Å²) in [5.74, 6) is 0. The molecular formula is C13H17N3O2. The van der Waals surface area contributed by atoms with Gasteiger partial charge in [-0.25, -0.2) is 14.2 Å². The molecule has 5 nitrogen and oxygen atoms in total. The van der Waals surface area contributed by atoms with Crippen molar-refractivity contribution < 1.29 is 4.79 Å². The van der Waals surface area contributed by atoms with E-state index in [1.165, 1.54) is 0 Å². The lowest BCUT2D eigenvalue weighted by atomic mass is 10.1. The zero-order valence-electron chi connectivity index (χ0n) is 11.0. The van der Waals surface area contributed by atoms with Crippen molar-refractivity contribution in [3.8, 4) is 0 Å². The van der Waals surface area contributed by atoms with Gasteiger partial charge in [-0.3, -0.25) is 4.57 Å². The molecule has 1 aromatic carbocycles. The van der Waals surface area contributed by atoms with E-state index in [9.17, 15) is 9.59 Å².